The lowest BCUT2D eigenvalue weighted by Crippen LogP contribution is -2.19. The van der Waals surface area contributed by atoms with Gasteiger partial charge in [-0.3, -0.25) is 0 Å². The Balaban J connectivity index is 2.44. The fourth-order valence-corrected chi connectivity index (χ4v) is 3.78. The minimum atomic E-state index is -0.333. The Morgan fingerprint density at radius 1 is 1.24 bits per heavy atom. The first-order chi connectivity index (χ1) is 10.00. The molecule has 0 heterocycles. The van der Waals surface area contributed by atoms with Crippen molar-refractivity contribution in [3.8, 4) is 11.5 Å². The highest BCUT2D eigenvalue weighted by Gasteiger charge is 2.29. The van der Waals surface area contributed by atoms with Gasteiger partial charge in [0.2, 0.25) is 0 Å². The SMILES string of the molecule is CCC(C)(Pc1ccccc1F)c1cc(OC)ccc1O. The van der Waals surface area contributed by atoms with Gasteiger partial charge < -0.3 is 9.84 Å². The molecule has 2 unspecified atom stereocenters. The van der Waals surface area contributed by atoms with Crippen LogP contribution in [0.2, 0.25) is 0 Å². The second-order valence-corrected chi connectivity index (χ2v) is 7.07. The van der Waals surface area contributed by atoms with Crippen LogP contribution in [0.4, 0.5) is 4.39 Å². The average Bonchev–Trinajstić information content (AvgIpc) is 2.50. The van der Waals surface area contributed by atoms with Crippen molar-refractivity contribution < 1.29 is 14.2 Å². The van der Waals surface area contributed by atoms with Crippen molar-refractivity contribution in [3.63, 3.8) is 0 Å². The van der Waals surface area contributed by atoms with Crippen LogP contribution in [0.25, 0.3) is 0 Å². The van der Waals surface area contributed by atoms with Crippen molar-refractivity contribution in [2.24, 2.45) is 0 Å². The molecule has 0 aliphatic rings. The predicted molar refractivity (Wildman–Crippen MR) is 86.7 cm³/mol. The molecule has 0 aliphatic heterocycles. The number of phenols is 1. The number of rotatable bonds is 5. The molecule has 0 aliphatic carbocycles. The van der Waals surface area contributed by atoms with Gasteiger partial charge in [0.1, 0.15) is 17.3 Å². The van der Waals surface area contributed by atoms with Crippen LogP contribution >= 0.6 is 8.58 Å². The highest BCUT2D eigenvalue weighted by molar-refractivity contribution is 7.48. The maximum atomic E-state index is 13.9. The molecule has 2 rings (SSSR count). The third kappa shape index (κ3) is 3.36. The van der Waals surface area contributed by atoms with Crippen molar-refractivity contribution in [1.82, 2.24) is 0 Å². The van der Waals surface area contributed by atoms with Crippen LogP contribution in [0.15, 0.2) is 42.5 Å². The van der Waals surface area contributed by atoms with Crippen molar-refractivity contribution in [2.75, 3.05) is 7.11 Å². The molecule has 21 heavy (non-hydrogen) atoms. The van der Waals surface area contributed by atoms with Gasteiger partial charge in [-0.1, -0.05) is 40.6 Å². The summed E-state index contributed by atoms with van der Waals surface area (Å²) in [5.41, 5.74) is 0.797. The standard InChI is InChI=1S/C17H20FO2P/c1-4-17(2,21-16-8-6-5-7-14(16)18)13-11-12(20-3)9-10-15(13)19/h5-11,19,21H,4H2,1-3H3. The topological polar surface area (TPSA) is 29.5 Å². The van der Waals surface area contributed by atoms with E-state index < -0.39 is 0 Å². The molecule has 0 bridgehead atoms. The molecule has 112 valence electrons. The van der Waals surface area contributed by atoms with Crippen molar-refractivity contribution >= 4 is 13.9 Å². The van der Waals surface area contributed by atoms with E-state index >= 15 is 0 Å². The van der Waals surface area contributed by atoms with E-state index in [1.54, 1.807) is 31.4 Å². The Kier molecular flexibility index (Phi) is 4.84. The van der Waals surface area contributed by atoms with Crippen LogP contribution in [0.5, 0.6) is 11.5 Å². The van der Waals surface area contributed by atoms with Gasteiger partial charge in [0.05, 0.1) is 7.11 Å². The van der Waals surface area contributed by atoms with Crippen LogP contribution in [0.3, 0.4) is 0 Å². The summed E-state index contributed by atoms with van der Waals surface area (Å²) in [6.07, 6.45) is 0.792. The first-order valence-corrected chi connectivity index (χ1v) is 7.90. The Morgan fingerprint density at radius 2 is 1.95 bits per heavy atom. The highest BCUT2D eigenvalue weighted by Crippen LogP contribution is 2.48. The number of methoxy groups -OCH3 is 1. The Bertz CT molecular complexity index is 630. The third-order valence-electron chi connectivity index (χ3n) is 3.79. The molecular weight excluding hydrogens is 286 g/mol. The van der Waals surface area contributed by atoms with Gasteiger partial charge in [-0.05, 0) is 30.7 Å². The normalized spacial score (nSPS) is 14.3. The molecule has 0 saturated heterocycles. The van der Waals surface area contributed by atoms with Gasteiger partial charge >= 0.3 is 0 Å². The summed E-state index contributed by atoms with van der Waals surface area (Å²) in [5, 5.41) is 10.6. The molecule has 2 aromatic carbocycles. The van der Waals surface area contributed by atoms with Gasteiger partial charge in [-0.15, -0.1) is 0 Å². The van der Waals surface area contributed by atoms with E-state index in [9.17, 15) is 9.50 Å². The van der Waals surface area contributed by atoms with Gasteiger partial charge in [0.15, 0.2) is 0 Å². The van der Waals surface area contributed by atoms with Gasteiger partial charge in [-0.25, -0.2) is 4.39 Å². The van der Waals surface area contributed by atoms with Crippen LogP contribution in [0, 0.1) is 5.82 Å². The Morgan fingerprint density at radius 3 is 2.57 bits per heavy atom. The molecule has 2 nitrogen and oxygen atoms in total. The molecule has 0 amide bonds. The van der Waals surface area contributed by atoms with E-state index in [4.69, 9.17) is 4.74 Å². The molecule has 1 N–H and O–H groups in total. The molecule has 0 fully saturated rings. The fourth-order valence-electron chi connectivity index (χ4n) is 2.29. The Hall–Kier alpha value is -1.60. The summed E-state index contributed by atoms with van der Waals surface area (Å²) in [6, 6.07) is 12.0. The summed E-state index contributed by atoms with van der Waals surface area (Å²) in [7, 11) is 1.82. The van der Waals surface area contributed by atoms with E-state index in [1.807, 2.05) is 26.0 Å². The number of hydrogen-bond acceptors (Lipinski definition) is 2. The minimum absolute atomic E-state index is 0.196. The highest BCUT2D eigenvalue weighted by atomic mass is 31.1. The summed E-state index contributed by atoms with van der Waals surface area (Å²) in [5.74, 6) is 0.725. The zero-order valence-corrected chi connectivity index (χ0v) is 13.5. The second-order valence-electron chi connectivity index (χ2n) is 5.17. The molecule has 0 aromatic heterocycles. The van der Waals surface area contributed by atoms with E-state index in [-0.39, 0.29) is 25.3 Å². The van der Waals surface area contributed by atoms with Crippen molar-refractivity contribution in [2.45, 2.75) is 25.4 Å². The Labute approximate surface area is 126 Å². The second kappa shape index (κ2) is 6.44. The zero-order valence-electron chi connectivity index (χ0n) is 12.5. The molecule has 2 aromatic rings. The number of aromatic hydroxyl groups is 1. The van der Waals surface area contributed by atoms with Crippen LogP contribution in [0.1, 0.15) is 25.8 Å². The maximum Gasteiger partial charge on any atom is 0.130 e. The van der Waals surface area contributed by atoms with E-state index in [2.05, 4.69) is 0 Å². The molecule has 0 radical (unpaired) electrons. The first kappa shape index (κ1) is 15.8. The lowest BCUT2D eigenvalue weighted by atomic mass is 9.96. The molecule has 2 atom stereocenters. The molecule has 0 spiro atoms. The largest absolute Gasteiger partial charge is 0.508 e. The summed E-state index contributed by atoms with van der Waals surface area (Å²) in [4.78, 5) is 0. The number of ether oxygens (including phenoxy) is 1. The van der Waals surface area contributed by atoms with E-state index in [0.717, 1.165) is 12.0 Å². The third-order valence-corrected chi connectivity index (χ3v) is 5.64. The maximum absolute atomic E-state index is 13.9. The number of phenolic OH excluding ortho intramolecular Hbond substituents is 1. The van der Waals surface area contributed by atoms with Crippen LogP contribution in [-0.4, -0.2) is 12.2 Å². The molecule has 4 heteroatoms. The van der Waals surface area contributed by atoms with Gasteiger partial charge in [0.25, 0.3) is 0 Å². The number of halogens is 1. The first-order valence-electron chi connectivity index (χ1n) is 6.90. The van der Waals surface area contributed by atoms with Crippen molar-refractivity contribution in [1.29, 1.82) is 0 Å². The lowest BCUT2D eigenvalue weighted by molar-refractivity contribution is 0.408. The summed E-state index contributed by atoms with van der Waals surface area (Å²) >= 11 is 0. The van der Waals surface area contributed by atoms with Gasteiger partial charge in [0, 0.05) is 16.0 Å². The van der Waals surface area contributed by atoms with E-state index in [1.165, 1.54) is 6.07 Å². The van der Waals surface area contributed by atoms with E-state index in [0.29, 0.717) is 11.1 Å². The van der Waals surface area contributed by atoms with Crippen LogP contribution in [-0.2, 0) is 5.16 Å². The smallest absolute Gasteiger partial charge is 0.130 e. The lowest BCUT2D eigenvalue weighted by Gasteiger charge is -2.30. The number of hydrogen-bond donors (Lipinski definition) is 1. The molecule has 0 saturated carbocycles. The average molecular weight is 306 g/mol. The number of benzene rings is 2. The summed E-state index contributed by atoms with van der Waals surface area (Å²) < 4.78 is 19.2. The predicted octanol–water partition coefficient (Wildman–Crippen LogP) is 4.17. The fraction of sp³-hybridized carbons (Fsp3) is 0.294. The van der Waals surface area contributed by atoms with Crippen LogP contribution < -0.4 is 10.0 Å². The minimum Gasteiger partial charge on any atom is -0.508 e. The van der Waals surface area contributed by atoms with Gasteiger partial charge in [-0.2, -0.15) is 0 Å². The quantitative estimate of drug-likeness (QED) is 0.840. The molecular formula is C17H20FO2P. The monoisotopic (exact) mass is 306 g/mol. The summed E-state index contributed by atoms with van der Waals surface area (Å²) in [6.45, 7) is 4.10. The van der Waals surface area contributed by atoms with Crippen molar-refractivity contribution in [3.05, 3.63) is 53.8 Å². The zero-order chi connectivity index (χ0) is 15.5.